The van der Waals surface area contributed by atoms with E-state index in [1.165, 1.54) is 34.6 Å². The zero-order valence-electron chi connectivity index (χ0n) is 19.6. The molecule has 3 rings (SSSR count). The molecule has 2 aromatic rings. The average molecular weight is 509 g/mol. The van der Waals surface area contributed by atoms with Crippen LogP contribution < -0.4 is 10.6 Å². The summed E-state index contributed by atoms with van der Waals surface area (Å²) in [5.41, 5.74) is 0.0666. The van der Waals surface area contributed by atoms with Crippen LogP contribution in [0.15, 0.2) is 39.8 Å². The molecule has 1 aromatic heterocycles. The van der Waals surface area contributed by atoms with Crippen LogP contribution in [0.25, 0.3) is 0 Å². The van der Waals surface area contributed by atoms with Crippen LogP contribution in [0.4, 0.5) is 5.82 Å². The first-order valence-electron chi connectivity index (χ1n) is 11.0. The normalized spacial score (nSPS) is 15.4. The van der Waals surface area contributed by atoms with Crippen molar-refractivity contribution in [3.63, 3.8) is 0 Å². The number of aryl methyl sites for hydroxylation is 1. The number of anilines is 1. The number of rotatable bonds is 9. The monoisotopic (exact) mass is 508 g/mol. The molecule has 2 amide bonds. The average Bonchev–Trinajstić information content (AvgIpc) is 3.25. The van der Waals surface area contributed by atoms with Gasteiger partial charge in [0.2, 0.25) is 10.0 Å². The molecule has 1 saturated heterocycles. The first kappa shape index (κ1) is 26.3. The number of amides is 2. The van der Waals surface area contributed by atoms with Crippen LogP contribution in [0.1, 0.15) is 30.0 Å². The van der Waals surface area contributed by atoms with Crippen LogP contribution in [-0.4, -0.2) is 74.6 Å². The highest BCUT2D eigenvalue weighted by atomic mass is 32.2. The summed E-state index contributed by atoms with van der Waals surface area (Å²) in [6.07, 6.45) is 0. The van der Waals surface area contributed by atoms with E-state index in [1.54, 1.807) is 20.8 Å². The standard InChI is InChI=1S/C22H28N4O8S/c1-14(2)20(22(29)33-13-19(27)23-18-11-15(3)34-25-18)24-21(28)16-5-4-6-17(12-16)35(30,31)26-7-9-32-10-8-26/h4-6,11-12,14,20H,7-10,13H2,1-3H3,(H,24,28)(H,23,25,27)/t20-/m0/s1. The lowest BCUT2D eigenvalue weighted by molar-refractivity contribution is -0.150. The minimum Gasteiger partial charge on any atom is -0.454 e. The molecule has 1 aliphatic rings. The van der Waals surface area contributed by atoms with E-state index in [0.717, 1.165) is 0 Å². The van der Waals surface area contributed by atoms with Crippen LogP contribution in [-0.2, 0) is 29.1 Å². The maximum Gasteiger partial charge on any atom is 0.329 e. The molecule has 1 aliphatic heterocycles. The zero-order chi connectivity index (χ0) is 25.6. The summed E-state index contributed by atoms with van der Waals surface area (Å²) in [5.74, 6) is -1.76. The Morgan fingerprint density at radius 2 is 1.89 bits per heavy atom. The first-order chi connectivity index (χ1) is 16.6. The van der Waals surface area contributed by atoms with Gasteiger partial charge in [0.25, 0.3) is 11.8 Å². The number of ether oxygens (including phenoxy) is 2. The molecule has 0 radical (unpaired) electrons. The molecule has 0 spiro atoms. The van der Waals surface area contributed by atoms with Gasteiger partial charge in [-0.3, -0.25) is 9.59 Å². The fourth-order valence-electron chi connectivity index (χ4n) is 3.29. The molecule has 2 heterocycles. The number of nitrogens with one attached hydrogen (secondary N) is 2. The predicted octanol–water partition coefficient (Wildman–Crippen LogP) is 0.940. The topological polar surface area (TPSA) is 157 Å². The number of sulfonamides is 1. The number of morpholine rings is 1. The lowest BCUT2D eigenvalue weighted by Crippen LogP contribution is -2.46. The summed E-state index contributed by atoms with van der Waals surface area (Å²) >= 11 is 0. The highest BCUT2D eigenvalue weighted by Crippen LogP contribution is 2.19. The predicted molar refractivity (Wildman–Crippen MR) is 123 cm³/mol. The SMILES string of the molecule is Cc1cc(NC(=O)COC(=O)[C@@H](NC(=O)c2cccc(S(=O)(=O)N3CCOCC3)c2)C(C)C)no1. The van der Waals surface area contributed by atoms with Crippen molar-refractivity contribution in [3.05, 3.63) is 41.7 Å². The fraction of sp³-hybridized carbons (Fsp3) is 0.455. The highest BCUT2D eigenvalue weighted by molar-refractivity contribution is 7.89. The molecule has 190 valence electrons. The van der Waals surface area contributed by atoms with Gasteiger partial charge < -0.3 is 24.6 Å². The number of hydrogen-bond acceptors (Lipinski definition) is 9. The molecule has 1 aromatic carbocycles. The minimum absolute atomic E-state index is 0.0320. The van der Waals surface area contributed by atoms with Crippen molar-refractivity contribution in [1.82, 2.24) is 14.8 Å². The Balaban J connectivity index is 1.63. The van der Waals surface area contributed by atoms with E-state index in [0.29, 0.717) is 19.0 Å². The van der Waals surface area contributed by atoms with Gasteiger partial charge in [-0.15, -0.1) is 0 Å². The third-order valence-electron chi connectivity index (χ3n) is 5.15. The van der Waals surface area contributed by atoms with Gasteiger partial charge in [0.05, 0.1) is 18.1 Å². The molecule has 0 bridgehead atoms. The fourth-order valence-corrected chi connectivity index (χ4v) is 4.74. The number of carbonyl (C=O) groups excluding carboxylic acids is 3. The van der Waals surface area contributed by atoms with E-state index in [9.17, 15) is 22.8 Å². The van der Waals surface area contributed by atoms with Gasteiger partial charge >= 0.3 is 5.97 Å². The van der Waals surface area contributed by atoms with E-state index in [-0.39, 0.29) is 35.3 Å². The quantitative estimate of drug-likeness (QED) is 0.470. The van der Waals surface area contributed by atoms with E-state index in [2.05, 4.69) is 15.8 Å². The number of hydrogen-bond donors (Lipinski definition) is 2. The van der Waals surface area contributed by atoms with Gasteiger partial charge in [-0.2, -0.15) is 4.31 Å². The van der Waals surface area contributed by atoms with Gasteiger partial charge in [0, 0.05) is 24.7 Å². The Morgan fingerprint density at radius 1 is 1.17 bits per heavy atom. The summed E-state index contributed by atoms with van der Waals surface area (Å²) in [6, 6.07) is 6.01. The molecule has 1 atom stereocenters. The number of esters is 1. The van der Waals surface area contributed by atoms with Crippen molar-refractivity contribution >= 4 is 33.6 Å². The molecule has 35 heavy (non-hydrogen) atoms. The lowest BCUT2D eigenvalue weighted by Gasteiger charge is -2.26. The van der Waals surface area contributed by atoms with Crippen LogP contribution in [0.2, 0.25) is 0 Å². The largest absolute Gasteiger partial charge is 0.454 e. The maximum atomic E-state index is 12.9. The number of nitrogens with zero attached hydrogens (tertiary/aromatic N) is 2. The Hall–Kier alpha value is -3.29. The molecular formula is C22H28N4O8S. The summed E-state index contributed by atoms with van der Waals surface area (Å²) in [7, 11) is -3.80. The second-order valence-electron chi connectivity index (χ2n) is 8.22. The van der Waals surface area contributed by atoms with Crippen molar-refractivity contribution in [3.8, 4) is 0 Å². The third kappa shape index (κ3) is 6.87. The van der Waals surface area contributed by atoms with E-state index in [4.69, 9.17) is 14.0 Å². The highest BCUT2D eigenvalue weighted by Gasteiger charge is 2.29. The first-order valence-corrected chi connectivity index (χ1v) is 12.4. The van der Waals surface area contributed by atoms with E-state index < -0.39 is 40.5 Å². The lowest BCUT2D eigenvalue weighted by atomic mass is 10.0. The van der Waals surface area contributed by atoms with Gasteiger partial charge in [-0.1, -0.05) is 25.1 Å². The number of aromatic nitrogens is 1. The Kier molecular flexibility index (Phi) is 8.59. The molecule has 12 nitrogen and oxygen atoms in total. The second-order valence-corrected chi connectivity index (χ2v) is 10.2. The van der Waals surface area contributed by atoms with Crippen LogP contribution in [0, 0.1) is 12.8 Å². The molecule has 0 unspecified atom stereocenters. The molecular weight excluding hydrogens is 480 g/mol. The summed E-state index contributed by atoms with van der Waals surface area (Å²) < 4.78 is 42.2. The molecule has 13 heteroatoms. The van der Waals surface area contributed by atoms with Gasteiger partial charge in [-0.05, 0) is 31.0 Å². The third-order valence-corrected chi connectivity index (χ3v) is 7.05. The molecule has 1 fully saturated rings. The van der Waals surface area contributed by atoms with Gasteiger partial charge in [-0.25, -0.2) is 13.2 Å². The molecule has 2 N–H and O–H groups in total. The van der Waals surface area contributed by atoms with Crippen LogP contribution in [0.5, 0.6) is 0 Å². The summed E-state index contributed by atoms with van der Waals surface area (Å²) in [6.45, 7) is 5.52. The zero-order valence-corrected chi connectivity index (χ0v) is 20.5. The maximum absolute atomic E-state index is 12.9. The summed E-state index contributed by atoms with van der Waals surface area (Å²) in [5, 5.41) is 8.61. The smallest absolute Gasteiger partial charge is 0.329 e. The van der Waals surface area contributed by atoms with Gasteiger partial charge in [0.15, 0.2) is 12.4 Å². The van der Waals surface area contributed by atoms with Gasteiger partial charge in [0.1, 0.15) is 11.8 Å². The van der Waals surface area contributed by atoms with Crippen molar-refractivity contribution in [1.29, 1.82) is 0 Å². The van der Waals surface area contributed by atoms with Crippen molar-refractivity contribution in [2.75, 3.05) is 38.2 Å². The van der Waals surface area contributed by atoms with E-state index in [1.807, 2.05) is 0 Å². The van der Waals surface area contributed by atoms with Crippen molar-refractivity contribution < 1.29 is 36.8 Å². The number of carbonyl (C=O) groups is 3. The molecule has 0 saturated carbocycles. The molecule has 0 aliphatic carbocycles. The second kappa shape index (κ2) is 11.4. The Labute approximate surface area is 203 Å². The Bertz CT molecular complexity index is 1170. The van der Waals surface area contributed by atoms with Crippen molar-refractivity contribution in [2.24, 2.45) is 5.92 Å². The van der Waals surface area contributed by atoms with E-state index >= 15 is 0 Å². The number of benzene rings is 1. The Morgan fingerprint density at radius 3 is 2.51 bits per heavy atom. The van der Waals surface area contributed by atoms with Crippen molar-refractivity contribution in [2.45, 2.75) is 31.7 Å². The van der Waals surface area contributed by atoms with Crippen LogP contribution in [0.3, 0.4) is 0 Å². The summed E-state index contributed by atoms with van der Waals surface area (Å²) in [4.78, 5) is 37.4. The minimum atomic E-state index is -3.80. The van der Waals surface area contributed by atoms with Crippen LogP contribution >= 0.6 is 0 Å².